The van der Waals surface area contributed by atoms with Crippen molar-refractivity contribution in [3.05, 3.63) is 24.5 Å². The number of hydrogen-bond acceptors (Lipinski definition) is 4. The van der Waals surface area contributed by atoms with Gasteiger partial charge in [0.15, 0.2) is 0 Å². The molecule has 17 heavy (non-hydrogen) atoms. The topological polar surface area (TPSA) is 59.2 Å². The van der Waals surface area contributed by atoms with Crippen LogP contribution in [0.15, 0.2) is 29.4 Å². The summed E-state index contributed by atoms with van der Waals surface area (Å²) in [7, 11) is 0. The van der Waals surface area contributed by atoms with Crippen molar-refractivity contribution in [3.63, 3.8) is 0 Å². The number of rotatable bonds is 3. The quantitative estimate of drug-likeness (QED) is 0.840. The van der Waals surface area contributed by atoms with Gasteiger partial charge in [-0.25, -0.2) is 0 Å². The fourth-order valence-electron chi connectivity index (χ4n) is 1.68. The van der Waals surface area contributed by atoms with Gasteiger partial charge in [-0.1, -0.05) is 0 Å². The predicted molar refractivity (Wildman–Crippen MR) is 71.4 cm³/mol. The Balaban J connectivity index is 0.00000144. The second kappa shape index (κ2) is 6.83. The summed E-state index contributed by atoms with van der Waals surface area (Å²) < 4.78 is 0. The van der Waals surface area contributed by atoms with E-state index in [1.54, 1.807) is 24.2 Å². The van der Waals surface area contributed by atoms with Crippen LogP contribution in [0.1, 0.15) is 6.42 Å². The van der Waals surface area contributed by atoms with Crippen LogP contribution in [-0.2, 0) is 4.79 Å². The molecule has 0 bridgehead atoms. The summed E-state index contributed by atoms with van der Waals surface area (Å²) in [5, 5.41) is 0. The Labute approximate surface area is 111 Å². The highest BCUT2D eigenvalue weighted by molar-refractivity contribution is 8.00. The molecule has 4 nitrogen and oxygen atoms in total. The van der Waals surface area contributed by atoms with Crippen LogP contribution in [0, 0.1) is 0 Å². The number of nitrogens with two attached hydrogens (primary N) is 1. The average molecular weight is 274 g/mol. The summed E-state index contributed by atoms with van der Waals surface area (Å²) in [5.41, 5.74) is 5.76. The van der Waals surface area contributed by atoms with Crippen molar-refractivity contribution in [1.29, 1.82) is 0 Å². The van der Waals surface area contributed by atoms with Gasteiger partial charge in [0.2, 0.25) is 5.91 Å². The molecule has 0 saturated carbocycles. The number of thioether (sulfide) groups is 1. The van der Waals surface area contributed by atoms with E-state index in [0.29, 0.717) is 12.3 Å². The molecule has 1 amide bonds. The second-order valence-electron chi connectivity index (χ2n) is 3.86. The first kappa shape index (κ1) is 14.3. The molecule has 1 aromatic heterocycles. The van der Waals surface area contributed by atoms with Crippen LogP contribution in [0.5, 0.6) is 0 Å². The van der Waals surface area contributed by atoms with Crippen molar-refractivity contribution < 1.29 is 4.79 Å². The number of nitrogens with zero attached hydrogens (tertiary/aromatic N) is 2. The first-order valence-electron chi connectivity index (χ1n) is 5.32. The second-order valence-corrected chi connectivity index (χ2v) is 4.91. The Hall–Kier alpha value is -0.780. The molecule has 1 aliphatic rings. The van der Waals surface area contributed by atoms with Gasteiger partial charge in [-0.2, -0.15) is 0 Å². The number of halogens is 1. The Morgan fingerprint density at radius 2 is 2.24 bits per heavy atom. The van der Waals surface area contributed by atoms with Crippen LogP contribution in [-0.4, -0.2) is 40.7 Å². The maximum Gasteiger partial charge on any atom is 0.232 e. The van der Waals surface area contributed by atoms with Crippen LogP contribution >= 0.6 is 24.2 Å². The van der Waals surface area contributed by atoms with Crippen molar-refractivity contribution in [1.82, 2.24) is 9.88 Å². The lowest BCUT2D eigenvalue weighted by molar-refractivity contribution is -0.127. The smallest absolute Gasteiger partial charge is 0.232 e. The van der Waals surface area contributed by atoms with Crippen molar-refractivity contribution in [2.24, 2.45) is 5.73 Å². The third kappa shape index (κ3) is 4.18. The molecule has 1 unspecified atom stereocenters. The number of carbonyl (C=O) groups is 1. The minimum Gasteiger partial charge on any atom is -0.340 e. The predicted octanol–water partition coefficient (Wildman–Crippen LogP) is 1.16. The highest BCUT2D eigenvalue weighted by Gasteiger charge is 2.23. The van der Waals surface area contributed by atoms with E-state index in [4.69, 9.17) is 5.73 Å². The Morgan fingerprint density at radius 1 is 1.53 bits per heavy atom. The molecule has 6 heteroatoms. The van der Waals surface area contributed by atoms with Gasteiger partial charge in [0.1, 0.15) is 0 Å². The minimum atomic E-state index is 0. The average Bonchev–Trinajstić information content (AvgIpc) is 2.74. The van der Waals surface area contributed by atoms with Crippen LogP contribution in [0.2, 0.25) is 0 Å². The van der Waals surface area contributed by atoms with E-state index in [2.05, 4.69) is 4.98 Å². The highest BCUT2D eigenvalue weighted by atomic mass is 35.5. The Bertz CT molecular complexity index is 363. The Morgan fingerprint density at radius 3 is 2.82 bits per heavy atom. The molecular weight excluding hydrogens is 258 g/mol. The number of carbonyl (C=O) groups excluding carboxylic acids is 1. The van der Waals surface area contributed by atoms with Gasteiger partial charge in [-0.15, -0.1) is 24.2 Å². The first-order valence-corrected chi connectivity index (χ1v) is 6.30. The Kier molecular flexibility index (Phi) is 5.74. The zero-order valence-electron chi connectivity index (χ0n) is 9.41. The maximum atomic E-state index is 11.8. The summed E-state index contributed by atoms with van der Waals surface area (Å²) in [5.74, 6) is 0.659. The number of hydrogen-bond donors (Lipinski definition) is 1. The zero-order valence-corrected chi connectivity index (χ0v) is 11.0. The van der Waals surface area contributed by atoms with Crippen LogP contribution in [0.3, 0.4) is 0 Å². The zero-order chi connectivity index (χ0) is 11.4. The molecule has 2 heterocycles. The van der Waals surface area contributed by atoms with Gasteiger partial charge in [0.05, 0.1) is 5.75 Å². The monoisotopic (exact) mass is 273 g/mol. The van der Waals surface area contributed by atoms with Crippen molar-refractivity contribution in [2.75, 3.05) is 18.8 Å². The normalized spacial score (nSPS) is 18.9. The molecule has 1 fully saturated rings. The molecule has 2 rings (SSSR count). The number of likely N-dealkylation sites (tertiary alicyclic amines) is 1. The van der Waals surface area contributed by atoms with E-state index >= 15 is 0 Å². The van der Waals surface area contributed by atoms with Crippen molar-refractivity contribution >= 4 is 30.1 Å². The molecule has 1 saturated heterocycles. The van der Waals surface area contributed by atoms with E-state index in [1.165, 1.54) is 0 Å². The molecule has 0 radical (unpaired) electrons. The fourth-order valence-corrected chi connectivity index (χ4v) is 2.47. The minimum absolute atomic E-state index is 0. The van der Waals surface area contributed by atoms with Crippen molar-refractivity contribution in [2.45, 2.75) is 17.4 Å². The third-order valence-corrected chi connectivity index (χ3v) is 3.59. The molecule has 2 N–H and O–H groups in total. The van der Waals surface area contributed by atoms with E-state index in [1.807, 2.05) is 17.0 Å². The third-order valence-electron chi connectivity index (χ3n) is 2.59. The molecule has 1 aliphatic heterocycles. The standard InChI is InChI=1S/C11H15N3OS.ClH/c12-9-3-6-14(7-9)11(15)8-16-10-1-4-13-5-2-10;/h1-2,4-5,9H,3,6-8,12H2;1H. The number of amides is 1. The number of pyridine rings is 1. The lowest BCUT2D eigenvalue weighted by Crippen LogP contribution is -2.33. The fraction of sp³-hybridized carbons (Fsp3) is 0.455. The molecule has 0 aliphatic carbocycles. The SMILES string of the molecule is Cl.NC1CCN(C(=O)CSc2ccncc2)C1. The van der Waals surface area contributed by atoms with E-state index < -0.39 is 0 Å². The first-order chi connectivity index (χ1) is 7.75. The molecular formula is C11H16ClN3OS. The van der Waals surface area contributed by atoms with Gasteiger partial charge in [0.25, 0.3) is 0 Å². The summed E-state index contributed by atoms with van der Waals surface area (Å²) >= 11 is 1.54. The summed E-state index contributed by atoms with van der Waals surface area (Å²) in [6.07, 6.45) is 4.39. The highest BCUT2D eigenvalue weighted by Crippen LogP contribution is 2.18. The number of aromatic nitrogens is 1. The van der Waals surface area contributed by atoms with Crippen LogP contribution in [0.25, 0.3) is 0 Å². The van der Waals surface area contributed by atoms with Crippen molar-refractivity contribution in [3.8, 4) is 0 Å². The molecule has 0 aromatic carbocycles. The van der Waals surface area contributed by atoms with E-state index in [-0.39, 0.29) is 24.4 Å². The lowest BCUT2D eigenvalue weighted by atomic mass is 10.3. The lowest BCUT2D eigenvalue weighted by Gasteiger charge is -2.15. The van der Waals surface area contributed by atoms with Gasteiger partial charge < -0.3 is 10.6 Å². The summed E-state index contributed by atoms with van der Waals surface area (Å²) in [4.78, 5) is 18.7. The van der Waals surface area contributed by atoms with Gasteiger partial charge in [-0.05, 0) is 18.6 Å². The molecule has 1 atom stereocenters. The summed E-state index contributed by atoms with van der Waals surface area (Å²) in [6.45, 7) is 1.51. The largest absolute Gasteiger partial charge is 0.340 e. The molecule has 0 spiro atoms. The molecule has 94 valence electrons. The van der Waals surface area contributed by atoms with Gasteiger partial charge in [0, 0.05) is 36.4 Å². The van der Waals surface area contributed by atoms with E-state index in [0.717, 1.165) is 17.9 Å². The van der Waals surface area contributed by atoms with Crippen LogP contribution < -0.4 is 5.73 Å². The van der Waals surface area contributed by atoms with Gasteiger partial charge >= 0.3 is 0 Å². The van der Waals surface area contributed by atoms with E-state index in [9.17, 15) is 4.79 Å². The van der Waals surface area contributed by atoms with Crippen LogP contribution in [0.4, 0.5) is 0 Å². The van der Waals surface area contributed by atoms with Gasteiger partial charge in [-0.3, -0.25) is 9.78 Å². The maximum absolute atomic E-state index is 11.8. The summed E-state index contributed by atoms with van der Waals surface area (Å²) in [6, 6.07) is 3.98. The molecule has 1 aromatic rings.